The molecule has 3 aliphatic carbocycles. The summed E-state index contributed by atoms with van der Waals surface area (Å²) in [6.45, 7) is 1.99. The highest BCUT2D eigenvalue weighted by atomic mass is 79.9. The maximum atomic E-state index is 12.8. The van der Waals surface area contributed by atoms with Crippen LogP contribution in [-0.4, -0.2) is 11.8 Å². The number of imide groups is 1. The lowest BCUT2D eigenvalue weighted by Crippen LogP contribution is -2.38. The van der Waals surface area contributed by atoms with Gasteiger partial charge in [0.2, 0.25) is 11.8 Å². The van der Waals surface area contributed by atoms with Crippen molar-refractivity contribution in [2.75, 3.05) is 4.90 Å². The fourth-order valence-electron chi connectivity index (χ4n) is 4.10. The monoisotopic (exact) mass is 345 g/mol. The van der Waals surface area contributed by atoms with Crippen LogP contribution in [0.5, 0.6) is 0 Å². The molecule has 2 bridgehead atoms. The van der Waals surface area contributed by atoms with Gasteiger partial charge in [-0.3, -0.25) is 9.59 Å². The molecule has 4 aliphatic rings. The van der Waals surface area contributed by atoms with Crippen LogP contribution in [0.2, 0.25) is 0 Å². The van der Waals surface area contributed by atoms with Crippen molar-refractivity contribution in [1.29, 1.82) is 0 Å². The van der Waals surface area contributed by atoms with Crippen molar-refractivity contribution in [2.24, 2.45) is 23.7 Å². The summed E-state index contributed by atoms with van der Waals surface area (Å²) in [7, 11) is 0. The summed E-state index contributed by atoms with van der Waals surface area (Å²) in [6, 6.07) is 5.75. The van der Waals surface area contributed by atoms with Crippen LogP contribution in [0.15, 0.2) is 34.8 Å². The van der Waals surface area contributed by atoms with Crippen LogP contribution in [0.3, 0.4) is 0 Å². The van der Waals surface area contributed by atoms with E-state index in [1.54, 1.807) is 0 Å². The van der Waals surface area contributed by atoms with E-state index in [0.717, 1.165) is 22.9 Å². The first kappa shape index (κ1) is 13.3. The van der Waals surface area contributed by atoms with E-state index in [1.807, 2.05) is 25.1 Å². The number of rotatable bonds is 1. The number of fused-ring (bicyclic) bond motifs is 1. The summed E-state index contributed by atoms with van der Waals surface area (Å²) in [6.07, 6.45) is 6.36. The second-order valence-electron chi connectivity index (χ2n) is 6.31. The summed E-state index contributed by atoms with van der Waals surface area (Å²) in [5.74, 6) is 0.155. The Labute approximate surface area is 132 Å². The molecule has 2 fully saturated rings. The number of aryl methyl sites for hydroxylation is 1. The topological polar surface area (TPSA) is 37.4 Å². The van der Waals surface area contributed by atoms with Gasteiger partial charge in [0.25, 0.3) is 0 Å². The van der Waals surface area contributed by atoms with E-state index < -0.39 is 0 Å². The molecule has 1 saturated carbocycles. The molecular weight excluding hydrogens is 330 g/mol. The van der Waals surface area contributed by atoms with Gasteiger partial charge in [0.15, 0.2) is 0 Å². The molecule has 4 heteroatoms. The molecule has 0 unspecified atom stereocenters. The highest BCUT2D eigenvalue weighted by molar-refractivity contribution is 9.10. The van der Waals surface area contributed by atoms with Crippen molar-refractivity contribution in [1.82, 2.24) is 0 Å². The largest absolute Gasteiger partial charge is 0.274 e. The van der Waals surface area contributed by atoms with E-state index in [4.69, 9.17) is 0 Å². The van der Waals surface area contributed by atoms with Crippen LogP contribution in [0.1, 0.15) is 18.4 Å². The molecule has 1 aromatic rings. The minimum Gasteiger partial charge on any atom is -0.274 e. The molecule has 5 rings (SSSR count). The second-order valence-corrected chi connectivity index (χ2v) is 7.16. The highest BCUT2D eigenvalue weighted by Crippen LogP contribution is 2.51. The molecule has 4 atom stereocenters. The minimum absolute atomic E-state index is 0.0198. The van der Waals surface area contributed by atoms with Crippen molar-refractivity contribution < 1.29 is 9.59 Å². The third kappa shape index (κ3) is 1.78. The lowest BCUT2D eigenvalue weighted by atomic mass is 9.63. The van der Waals surface area contributed by atoms with Gasteiger partial charge < -0.3 is 0 Å². The summed E-state index contributed by atoms with van der Waals surface area (Å²) >= 11 is 3.50. The van der Waals surface area contributed by atoms with Gasteiger partial charge in [-0.05, 0) is 65.2 Å². The summed E-state index contributed by atoms with van der Waals surface area (Å²) in [5, 5.41) is 0. The van der Waals surface area contributed by atoms with Gasteiger partial charge in [0.05, 0.1) is 17.5 Å². The summed E-state index contributed by atoms with van der Waals surface area (Å²) < 4.78 is 0.808. The van der Waals surface area contributed by atoms with Crippen LogP contribution in [0, 0.1) is 30.6 Å². The van der Waals surface area contributed by atoms with E-state index in [-0.39, 0.29) is 35.5 Å². The number of hydrogen-bond acceptors (Lipinski definition) is 2. The zero-order valence-corrected chi connectivity index (χ0v) is 13.3. The third-order valence-electron chi connectivity index (χ3n) is 5.10. The zero-order valence-electron chi connectivity index (χ0n) is 11.8. The van der Waals surface area contributed by atoms with Gasteiger partial charge >= 0.3 is 0 Å². The maximum absolute atomic E-state index is 12.8. The Morgan fingerprint density at radius 2 is 1.62 bits per heavy atom. The quantitative estimate of drug-likeness (QED) is 0.577. The average molecular weight is 346 g/mol. The van der Waals surface area contributed by atoms with Crippen molar-refractivity contribution in [2.45, 2.75) is 19.8 Å². The molecule has 0 N–H and O–H groups in total. The molecule has 1 saturated heterocycles. The van der Waals surface area contributed by atoms with Crippen molar-refractivity contribution in [3.8, 4) is 0 Å². The number of allylic oxidation sites excluding steroid dienone is 2. The van der Waals surface area contributed by atoms with Crippen molar-refractivity contribution in [3.05, 3.63) is 40.4 Å². The molecule has 2 amide bonds. The Morgan fingerprint density at radius 1 is 1.05 bits per heavy atom. The van der Waals surface area contributed by atoms with Gasteiger partial charge in [0, 0.05) is 4.47 Å². The predicted octanol–water partition coefficient (Wildman–Crippen LogP) is 3.46. The molecule has 1 aliphatic heterocycles. The van der Waals surface area contributed by atoms with E-state index >= 15 is 0 Å². The van der Waals surface area contributed by atoms with Crippen LogP contribution < -0.4 is 4.90 Å². The normalized spacial score (nSPS) is 33.7. The Balaban J connectivity index is 1.78. The second kappa shape index (κ2) is 4.54. The summed E-state index contributed by atoms with van der Waals surface area (Å²) in [5.41, 5.74) is 1.79. The molecule has 3 nitrogen and oxygen atoms in total. The maximum Gasteiger partial charge on any atom is 0.238 e. The van der Waals surface area contributed by atoms with Gasteiger partial charge in [-0.15, -0.1) is 0 Å². The highest BCUT2D eigenvalue weighted by Gasteiger charge is 2.57. The molecule has 1 aromatic carbocycles. The van der Waals surface area contributed by atoms with E-state index in [2.05, 4.69) is 28.1 Å². The first-order valence-electron chi connectivity index (χ1n) is 7.40. The molecule has 0 aromatic heterocycles. The molecular formula is C17H16BrNO2. The smallest absolute Gasteiger partial charge is 0.238 e. The fourth-order valence-corrected chi connectivity index (χ4v) is 4.78. The van der Waals surface area contributed by atoms with Gasteiger partial charge in [0.1, 0.15) is 0 Å². The minimum atomic E-state index is -0.144. The average Bonchev–Trinajstić information content (AvgIpc) is 2.75. The first-order chi connectivity index (χ1) is 10.1. The number of anilines is 1. The zero-order chi connectivity index (χ0) is 14.7. The number of amides is 2. The molecule has 1 heterocycles. The first-order valence-corrected chi connectivity index (χ1v) is 8.19. The van der Waals surface area contributed by atoms with Gasteiger partial charge in [-0.25, -0.2) is 4.90 Å². The summed E-state index contributed by atoms with van der Waals surface area (Å²) in [4.78, 5) is 27.1. The van der Waals surface area contributed by atoms with Gasteiger partial charge in [-0.1, -0.05) is 18.2 Å². The number of hydrogen-bond donors (Lipinski definition) is 0. The number of halogens is 1. The van der Waals surface area contributed by atoms with E-state index in [1.165, 1.54) is 4.90 Å². The third-order valence-corrected chi connectivity index (χ3v) is 5.74. The Kier molecular flexibility index (Phi) is 2.86. The van der Waals surface area contributed by atoms with Crippen molar-refractivity contribution in [3.63, 3.8) is 0 Å². The Bertz CT molecular complexity index is 649. The number of carbonyl (C=O) groups excluding carboxylic acids is 2. The van der Waals surface area contributed by atoms with Gasteiger partial charge in [-0.2, -0.15) is 0 Å². The van der Waals surface area contributed by atoms with E-state index in [9.17, 15) is 9.59 Å². The molecule has 0 spiro atoms. The predicted molar refractivity (Wildman–Crippen MR) is 83.7 cm³/mol. The SMILES string of the molecule is Cc1ccc(N2C(=O)[C@@H]3[C@H](C2=O)[C@@H]2C=C[C@@H]3CC2)c(Br)c1. The number of carbonyl (C=O) groups is 2. The number of nitrogens with zero attached hydrogens (tertiary/aromatic N) is 1. The lowest BCUT2D eigenvalue weighted by molar-refractivity contribution is -0.124. The molecule has 108 valence electrons. The molecule has 0 radical (unpaired) electrons. The molecule has 21 heavy (non-hydrogen) atoms. The van der Waals surface area contributed by atoms with Crippen LogP contribution >= 0.6 is 15.9 Å². The fraction of sp³-hybridized carbons (Fsp3) is 0.412. The lowest BCUT2D eigenvalue weighted by Gasteiger charge is -2.38. The Hall–Kier alpha value is -1.42. The van der Waals surface area contributed by atoms with Crippen LogP contribution in [-0.2, 0) is 9.59 Å². The van der Waals surface area contributed by atoms with Crippen molar-refractivity contribution >= 4 is 33.4 Å². The number of benzene rings is 1. The standard InChI is InChI=1S/C17H16BrNO2/c1-9-2-7-13(12(18)8-9)19-16(20)14-10-3-4-11(6-5-10)15(14)17(19)21/h2-4,7-8,10-11,14-15H,5-6H2,1H3/t10-,11-,14-,15+/m1/s1. The van der Waals surface area contributed by atoms with Crippen LogP contribution in [0.4, 0.5) is 5.69 Å². The van der Waals surface area contributed by atoms with E-state index in [0.29, 0.717) is 5.69 Å². The Morgan fingerprint density at radius 3 is 2.10 bits per heavy atom. The van der Waals surface area contributed by atoms with Crippen LogP contribution in [0.25, 0.3) is 0 Å².